The molecule has 0 aliphatic heterocycles. The standard InChI is InChI=1S/C10H13N5O3S/c1-12-19(16,17)7-3-4-8(11)9(5-7)18-10-13-6-15(2)14-10/h3-6,12H,11H2,1-2H3. The number of anilines is 1. The molecule has 0 atom stereocenters. The van der Waals surface area contributed by atoms with Crippen LogP contribution in [-0.4, -0.2) is 30.2 Å². The number of benzene rings is 1. The minimum atomic E-state index is -3.56. The zero-order valence-electron chi connectivity index (χ0n) is 10.4. The molecule has 2 aromatic rings. The number of nitrogens with zero attached hydrogens (tertiary/aromatic N) is 3. The van der Waals surface area contributed by atoms with Gasteiger partial charge in [0.05, 0.1) is 10.6 Å². The van der Waals surface area contributed by atoms with Crippen molar-refractivity contribution < 1.29 is 13.2 Å². The van der Waals surface area contributed by atoms with E-state index in [0.29, 0.717) is 5.69 Å². The Morgan fingerprint density at radius 3 is 2.74 bits per heavy atom. The van der Waals surface area contributed by atoms with E-state index >= 15 is 0 Å². The Bertz CT molecular complexity index is 695. The number of rotatable bonds is 4. The highest BCUT2D eigenvalue weighted by atomic mass is 32.2. The Morgan fingerprint density at radius 2 is 2.16 bits per heavy atom. The maximum absolute atomic E-state index is 11.7. The highest BCUT2D eigenvalue weighted by Crippen LogP contribution is 2.28. The number of ether oxygens (including phenoxy) is 1. The Balaban J connectivity index is 2.38. The topological polar surface area (TPSA) is 112 Å². The smallest absolute Gasteiger partial charge is 0.341 e. The van der Waals surface area contributed by atoms with Crippen molar-refractivity contribution in [2.45, 2.75) is 4.90 Å². The number of nitrogen functional groups attached to an aromatic ring is 1. The Labute approximate surface area is 110 Å². The highest BCUT2D eigenvalue weighted by Gasteiger charge is 2.15. The molecule has 1 heterocycles. The maximum Gasteiger partial charge on any atom is 0.341 e. The normalized spacial score (nSPS) is 11.5. The largest absolute Gasteiger partial charge is 0.421 e. The van der Waals surface area contributed by atoms with Gasteiger partial charge in [-0.05, 0) is 19.2 Å². The molecule has 0 aliphatic carbocycles. The average molecular weight is 283 g/mol. The van der Waals surface area contributed by atoms with Gasteiger partial charge in [-0.25, -0.2) is 13.1 Å². The first-order valence-corrected chi connectivity index (χ1v) is 6.77. The van der Waals surface area contributed by atoms with E-state index in [-0.39, 0.29) is 16.7 Å². The van der Waals surface area contributed by atoms with E-state index in [2.05, 4.69) is 14.8 Å². The molecule has 1 aromatic carbocycles. The number of hydrogen-bond acceptors (Lipinski definition) is 6. The van der Waals surface area contributed by atoms with Crippen LogP contribution in [0.2, 0.25) is 0 Å². The Kier molecular flexibility index (Phi) is 3.40. The van der Waals surface area contributed by atoms with Crippen molar-refractivity contribution in [2.75, 3.05) is 12.8 Å². The molecule has 1 aromatic heterocycles. The molecule has 0 radical (unpaired) electrons. The van der Waals surface area contributed by atoms with Gasteiger partial charge < -0.3 is 10.5 Å². The number of aromatic nitrogens is 3. The summed E-state index contributed by atoms with van der Waals surface area (Å²) in [5.41, 5.74) is 6.02. The van der Waals surface area contributed by atoms with Crippen LogP contribution in [0.3, 0.4) is 0 Å². The van der Waals surface area contributed by atoms with Crippen molar-refractivity contribution in [2.24, 2.45) is 7.05 Å². The number of aryl methyl sites for hydroxylation is 1. The molecule has 3 N–H and O–H groups in total. The zero-order chi connectivity index (χ0) is 14.0. The minimum Gasteiger partial charge on any atom is -0.421 e. The molecule has 19 heavy (non-hydrogen) atoms. The first kappa shape index (κ1) is 13.3. The van der Waals surface area contributed by atoms with Crippen molar-refractivity contribution in [3.05, 3.63) is 24.5 Å². The van der Waals surface area contributed by atoms with E-state index in [9.17, 15) is 8.42 Å². The van der Waals surface area contributed by atoms with E-state index in [1.807, 2.05) is 0 Å². The summed E-state index contributed by atoms with van der Waals surface area (Å²) in [4.78, 5) is 3.92. The molecule has 0 spiro atoms. The summed E-state index contributed by atoms with van der Waals surface area (Å²) in [5.74, 6) is 0.183. The lowest BCUT2D eigenvalue weighted by molar-refractivity contribution is 0.439. The van der Waals surface area contributed by atoms with Gasteiger partial charge >= 0.3 is 6.01 Å². The molecule has 0 unspecified atom stereocenters. The Morgan fingerprint density at radius 1 is 1.42 bits per heavy atom. The monoisotopic (exact) mass is 283 g/mol. The molecule has 0 bridgehead atoms. The predicted molar refractivity (Wildman–Crippen MR) is 68.2 cm³/mol. The van der Waals surface area contributed by atoms with Crippen LogP contribution in [0.15, 0.2) is 29.4 Å². The third-order valence-corrected chi connectivity index (χ3v) is 3.76. The summed E-state index contributed by atoms with van der Waals surface area (Å²) in [5, 5.41) is 3.92. The molecule has 2 rings (SSSR count). The second-order valence-electron chi connectivity index (χ2n) is 3.71. The van der Waals surface area contributed by atoms with Crippen molar-refractivity contribution >= 4 is 15.7 Å². The molecule has 0 aliphatic rings. The summed E-state index contributed by atoms with van der Waals surface area (Å²) in [6.45, 7) is 0. The summed E-state index contributed by atoms with van der Waals surface area (Å²) < 4.78 is 32.4. The van der Waals surface area contributed by atoms with E-state index in [1.54, 1.807) is 7.05 Å². The van der Waals surface area contributed by atoms with Crippen molar-refractivity contribution in [3.8, 4) is 11.8 Å². The van der Waals surface area contributed by atoms with Gasteiger partial charge in [-0.15, -0.1) is 5.10 Å². The third-order valence-electron chi connectivity index (χ3n) is 2.34. The molecule has 8 nitrogen and oxygen atoms in total. The van der Waals surface area contributed by atoms with Crippen LogP contribution in [0.25, 0.3) is 0 Å². The molecule has 0 saturated heterocycles. The fourth-order valence-electron chi connectivity index (χ4n) is 1.35. The maximum atomic E-state index is 11.7. The summed E-state index contributed by atoms with van der Waals surface area (Å²) in [7, 11) is -0.545. The Hall–Kier alpha value is -2.13. The lowest BCUT2D eigenvalue weighted by Crippen LogP contribution is -2.18. The fourth-order valence-corrected chi connectivity index (χ4v) is 2.10. The van der Waals surface area contributed by atoms with Crippen LogP contribution >= 0.6 is 0 Å². The lowest BCUT2D eigenvalue weighted by Gasteiger charge is -2.08. The van der Waals surface area contributed by atoms with Crippen LogP contribution in [-0.2, 0) is 17.1 Å². The quantitative estimate of drug-likeness (QED) is 0.769. The summed E-state index contributed by atoms with van der Waals surface area (Å²) >= 11 is 0. The molecular formula is C10H13N5O3S. The van der Waals surface area contributed by atoms with Gasteiger partial charge in [0, 0.05) is 13.1 Å². The molecule has 0 fully saturated rings. The van der Waals surface area contributed by atoms with Crippen molar-refractivity contribution in [3.63, 3.8) is 0 Å². The van der Waals surface area contributed by atoms with Gasteiger partial charge in [0.1, 0.15) is 6.33 Å². The van der Waals surface area contributed by atoms with Gasteiger partial charge in [0.25, 0.3) is 0 Å². The molecule has 102 valence electrons. The lowest BCUT2D eigenvalue weighted by atomic mass is 10.3. The van der Waals surface area contributed by atoms with Gasteiger partial charge in [0.2, 0.25) is 10.0 Å². The molecule has 0 saturated carbocycles. The first-order chi connectivity index (χ1) is 8.92. The fraction of sp³-hybridized carbons (Fsp3) is 0.200. The first-order valence-electron chi connectivity index (χ1n) is 5.29. The van der Waals surface area contributed by atoms with Gasteiger partial charge in [-0.1, -0.05) is 0 Å². The number of sulfonamides is 1. The second kappa shape index (κ2) is 4.86. The van der Waals surface area contributed by atoms with Gasteiger partial charge in [0.15, 0.2) is 5.75 Å². The van der Waals surface area contributed by atoms with E-state index in [1.165, 1.54) is 36.3 Å². The molecule has 0 amide bonds. The van der Waals surface area contributed by atoms with Crippen LogP contribution < -0.4 is 15.2 Å². The van der Waals surface area contributed by atoms with Gasteiger partial charge in [-0.2, -0.15) is 4.98 Å². The zero-order valence-corrected chi connectivity index (χ0v) is 11.2. The number of nitrogens with two attached hydrogens (primary N) is 1. The van der Waals surface area contributed by atoms with Gasteiger partial charge in [-0.3, -0.25) is 4.68 Å². The highest BCUT2D eigenvalue weighted by molar-refractivity contribution is 7.89. The predicted octanol–water partition coefficient (Wildman–Crippen LogP) is 0.0977. The number of nitrogens with one attached hydrogen (secondary N) is 1. The second-order valence-corrected chi connectivity index (χ2v) is 5.60. The van der Waals surface area contributed by atoms with E-state index in [0.717, 1.165) is 0 Å². The van der Waals surface area contributed by atoms with E-state index < -0.39 is 10.0 Å². The van der Waals surface area contributed by atoms with Crippen LogP contribution in [0.1, 0.15) is 0 Å². The van der Waals surface area contributed by atoms with Crippen LogP contribution in [0, 0.1) is 0 Å². The van der Waals surface area contributed by atoms with E-state index in [4.69, 9.17) is 10.5 Å². The molecule has 9 heteroatoms. The average Bonchev–Trinajstić information content (AvgIpc) is 2.77. The molecular weight excluding hydrogens is 270 g/mol. The minimum absolute atomic E-state index is 0.0510. The summed E-state index contributed by atoms with van der Waals surface area (Å²) in [6.07, 6.45) is 1.46. The van der Waals surface area contributed by atoms with Crippen LogP contribution in [0.4, 0.5) is 5.69 Å². The van der Waals surface area contributed by atoms with Crippen molar-refractivity contribution in [1.82, 2.24) is 19.5 Å². The van der Waals surface area contributed by atoms with Crippen LogP contribution in [0.5, 0.6) is 11.8 Å². The van der Waals surface area contributed by atoms with Crippen molar-refractivity contribution in [1.29, 1.82) is 0 Å². The third kappa shape index (κ3) is 2.83. The SMILES string of the molecule is CNS(=O)(=O)c1ccc(N)c(Oc2ncn(C)n2)c1. The number of hydrogen-bond donors (Lipinski definition) is 2. The summed E-state index contributed by atoms with van der Waals surface area (Å²) in [6, 6.07) is 4.24.